The predicted octanol–water partition coefficient (Wildman–Crippen LogP) is 2.37. The average Bonchev–Trinajstić information content (AvgIpc) is 2.99. The maximum absolute atomic E-state index is 13.0. The fraction of sp³-hybridized carbons (Fsp3) is 0.167. The molecule has 0 bridgehead atoms. The number of carbonyl (C=O) groups is 1. The third kappa shape index (κ3) is 2.52. The van der Waals surface area contributed by atoms with Gasteiger partial charge in [0.1, 0.15) is 6.04 Å². The standard InChI is InChI=1S/C18H16N2O4S/c21-18(22)17-10-14-13-8-4-5-9-15(13)19-16(14)11-20(17)25(23,24)12-6-2-1-3-7-12/h1-9,17,19H,10-11H2,(H,21,22). The highest BCUT2D eigenvalue weighted by Gasteiger charge is 2.40. The molecule has 2 aromatic carbocycles. The molecule has 0 radical (unpaired) electrons. The van der Waals surface area contributed by atoms with Crippen LogP contribution in [0.25, 0.3) is 10.9 Å². The van der Waals surface area contributed by atoms with E-state index in [4.69, 9.17) is 0 Å². The van der Waals surface area contributed by atoms with Crippen molar-refractivity contribution in [1.82, 2.24) is 9.29 Å². The minimum atomic E-state index is -3.90. The first-order valence-electron chi connectivity index (χ1n) is 7.86. The smallest absolute Gasteiger partial charge is 0.322 e. The maximum Gasteiger partial charge on any atom is 0.322 e. The highest BCUT2D eigenvalue weighted by Crippen LogP contribution is 2.33. The molecule has 2 N–H and O–H groups in total. The lowest BCUT2D eigenvalue weighted by atomic mass is 9.99. The predicted molar refractivity (Wildman–Crippen MR) is 92.6 cm³/mol. The van der Waals surface area contributed by atoms with Crippen LogP contribution < -0.4 is 0 Å². The first kappa shape index (κ1) is 15.9. The van der Waals surface area contributed by atoms with E-state index in [-0.39, 0.29) is 17.9 Å². The molecule has 0 fully saturated rings. The van der Waals surface area contributed by atoms with Gasteiger partial charge in [-0.3, -0.25) is 4.79 Å². The summed E-state index contributed by atoms with van der Waals surface area (Å²) >= 11 is 0. The second-order valence-corrected chi connectivity index (χ2v) is 7.94. The van der Waals surface area contributed by atoms with Crippen LogP contribution in [0.3, 0.4) is 0 Å². The summed E-state index contributed by atoms with van der Waals surface area (Å²) < 4.78 is 27.0. The third-order valence-electron chi connectivity index (χ3n) is 4.60. The van der Waals surface area contributed by atoms with E-state index >= 15 is 0 Å². The van der Waals surface area contributed by atoms with Gasteiger partial charge in [-0.25, -0.2) is 8.42 Å². The van der Waals surface area contributed by atoms with E-state index in [2.05, 4.69) is 4.98 Å². The second-order valence-electron chi connectivity index (χ2n) is 6.05. The lowest BCUT2D eigenvalue weighted by molar-refractivity contribution is -0.141. The molecule has 7 heteroatoms. The number of hydrogen-bond donors (Lipinski definition) is 2. The minimum absolute atomic E-state index is 0.0121. The van der Waals surface area contributed by atoms with Gasteiger partial charge in [-0.1, -0.05) is 36.4 Å². The van der Waals surface area contributed by atoms with E-state index in [0.29, 0.717) is 0 Å². The molecule has 1 aliphatic heterocycles. The number of para-hydroxylation sites is 1. The highest BCUT2D eigenvalue weighted by molar-refractivity contribution is 7.89. The van der Waals surface area contributed by atoms with Crippen molar-refractivity contribution in [2.45, 2.75) is 23.9 Å². The zero-order valence-corrected chi connectivity index (χ0v) is 14.0. The zero-order chi connectivity index (χ0) is 17.6. The van der Waals surface area contributed by atoms with Crippen molar-refractivity contribution in [3.63, 3.8) is 0 Å². The van der Waals surface area contributed by atoms with Gasteiger partial charge in [-0.15, -0.1) is 0 Å². The Bertz CT molecular complexity index is 1060. The number of sulfonamides is 1. The summed E-state index contributed by atoms with van der Waals surface area (Å²) in [7, 11) is -3.90. The van der Waals surface area contributed by atoms with Gasteiger partial charge >= 0.3 is 5.97 Å². The van der Waals surface area contributed by atoms with Crippen LogP contribution in [-0.2, 0) is 27.8 Å². The molecule has 4 rings (SSSR count). The van der Waals surface area contributed by atoms with E-state index < -0.39 is 22.0 Å². The fourth-order valence-electron chi connectivity index (χ4n) is 3.38. The molecule has 0 aliphatic carbocycles. The van der Waals surface area contributed by atoms with Crippen LogP contribution in [0.15, 0.2) is 59.5 Å². The molecular formula is C18H16N2O4S. The number of aliphatic carboxylic acids is 1. The number of fused-ring (bicyclic) bond motifs is 3. The highest BCUT2D eigenvalue weighted by atomic mass is 32.2. The molecule has 1 aliphatic rings. The Labute approximate surface area is 144 Å². The van der Waals surface area contributed by atoms with Gasteiger partial charge in [0.15, 0.2) is 0 Å². The molecule has 6 nitrogen and oxygen atoms in total. The Balaban J connectivity index is 1.84. The summed E-state index contributed by atoms with van der Waals surface area (Å²) in [6.45, 7) is 0.0121. The molecule has 3 aromatic rings. The van der Waals surface area contributed by atoms with Crippen molar-refractivity contribution in [3.05, 3.63) is 65.9 Å². The molecule has 0 spiro atoms. The molecule has 128 valence electrons. The molecule has 1 atom stereocenters. The number of carboxylic acid groups (broad SMARTS) is 1. The van der Waals surface area contributed by atoms with Crippen LogP contribution in [0.2, 0.25) is 0 Å². The SMILES string of the molecule is O=C(O)C1Cc2c([nH]c3ccccc23)CN1S(=O)(=O)c1ccccc1. The largest absolute Gasteiger partial charge is 0.480 e. The quantitative estimate of drug-likeness (QED) is 0.754. The summed E-state index contributed by atoms with van der Waals surface area (Å²) in [6.07, 6.45) is 0.140. The molecule has 0 saturated carbocycles. The van der Waals surface area contributed by atoms with Crippen LogP contribution >= 0.6 is 0 Å². The van der Waals surface area contributed by atoms with Crippen molar-refractivity contribution in [2.24, 2.45) is 0 Å². The van der Waals surface area contributed by atoms with Crippen LogP contribution in [0, 0.1) is 0 Å². The summed E-state index contributed by atoms with van der Waals surface area (Å²) in [5, 5.41) is 10.6. The third-order valence-corrected chi connectivity index (χ3v) is 6.46. The summed E-state index contributed by atoms with van der Waals surface area (Å²) in [4.78, 5) is 15.1. The number of nitrogens with one attached hydrogen (secondary N) is 1. The van der Waals surface area contributed by atoms with Gasteiger partial charge in [-0.05, 0) is 23.8 Å². The second kappa shape index (κ2) is 5.72. The lowest BCUT2D eigenvalue weighted by Crippen LogP contribution is -2.48. The van der Waals surface area contributed by atoms with E-state index in [9.17, 15) is 18.3 Å². The van der Waals surface area contributed by atoms with E-state index in [1.54, 1.807) is 18.2 Å². The van der Waals surface area contributed by atoms with Crippen molar-refractivity contribution in [1.29, 1.82) is 0 Å². The molecule has 0 saturated heterocycles. The number of hydrogen-bond acceptors (Lipinski definition) is 3. The van der Waals surface area contributed by atoms with Crippen molar-refractivity contribution in [2.75, 3.05) is 0 Å². The number of aromatic nitrogens is 1. The van der Waals surface area contributed by atoms with Crippen molar-refractivity contribution in [3.8, 4) is 0 Å². The number of benzene rings is 2. The number of aromatic amines is 1. The van der Waals surface area contributed by atoms with Gasteiger partial charge in [0.2, 0.25) is 10.0 Å². The molecular weight excluding hydrogens is 340 g/mol. The number of carboxylic acids is 1. The van der Waals surface area contributed by atoms with E-state index in [1.165, 1.54) is 12.1 Å². The summed E-state index contributed by atoms with van der Waals surface area (Å²) in [5.41, 5.74) is 2.51. The zero-order valence-electron chi connectivity index (χ0n) is 13.2. The van der Waals surface area contributed by atoms with E-state index in [1.807, 2.05) is 24.3 Å². The number of nitrogens with zero attached hydrogens (tertiary/aromatic N) is 1. The Morgan fingerprint density at radius 2 is 1.76 bits per heavy atom. The van der Waals surface area contributed by atoms with Crippen LogP contribution in [0.4, 0.5) is 0 Å². The first-order chi connectivity index (χ1) is 12.0. The maximum atomic E-state index is 13.0. The van der Waals surface area contributed by atoms with Gasteiger partial charge in [0, 0.05) is 23.0 Å². The van der Waals surface area contributed by atoms with Crippen molar-refractivity contribution < 1.29 is 18.3 Å². The molecule has 1 aromatic heterocycles. The van der Waals surface area contributed by atoms with E-state index in [0.717, 1.165) is 26.5 Å². The molecule has 25 heavy (non-hydrogen) atoms. The Morgan fingerprint density at radius 3 is 2.48 bits per heavy atom. The minimum Gasteiger partial charge on any atom is -0.480 e. The topological polar surface area (TPSA) is 90.5 Å². The summed E-state index contributed by atoms with van der Waals surface area (Å²) in [6, 6.07) is 14.4. The molecule has 2 heterocycles. The number of H-pyrrole nitrogens is 1. The van der Waals surface area contributed by atoms with Crippen molar-refractivity contribution >= 4 is 26.9 Å². The molecule has 0 amide bonds. The Morgan fingerprint density at radius 1 is 1.08 bits per heavy atom. The van der Waals surface area contributed by atoms with Gasteiger partial charge in [-0.2, -0.15) is 4.31 Å². The normalized spacial score (nSPS) is 18.2. The fourth-order valence-corrected chi connectivity index (χ4v) is 4.95. The van der Waals surface area contributed by atoms with Crippen LogP contribution in [0.1, 0.15) is 11.3 Å². The Kier molecular flexibility index (Phi) is 3.63. The Hall–Kier alpha value is -2.64. The summed E-state index contributed by atoms with van der Waals surface area (Å²) in [5.74, 6) is -1.14. The first-order valence-corrected chi connectivity index (χ1v) is 9.30. The molecule has 1 unspecified atom stereocenters. The lowest BCUT2D eigenvalue weighted by Gasteiger charge is -2.32. The van der Waals surface area contributed by atoms with Crippen LogP contribution in [-0.4, -0.2) is 34.8 Å². The average molecular weight is 356 g/mol. The van der Waals surface area contributed by atoms with Crippen LogP contribution in [0.5, 0.6) is 0 Å². The number of rotatable bonds is 3. The van der Waals surface area contributed by atoms with Gasteiger partial charge in [0.05, 0.1) is 11.4 Å². The monoisotopic (exact) mass is 356 g/mol. The van der Waals surface area contributed by atoms with Gasteiger partial charge in [0.25, 0.3) is 0 Å². The van der Waals surface area contributed by atoms with Gasteiger partial charge < -0.3 is 10.1 Å².